The van der Waals surface area contributed by atoms with Crippen LogP contribution in [0.4, 0.5) is 0 Å². The lowest BCUT2D eigenvalue weighted by atomic mass is 10.4. The molecule has 0 bridgehead atoms. The van der Waals surface area contributed by atoms with Crippen molar-refractivity contribution >= 4 is 21.4 Å². The fraction of sp³-hybridized carbons (Fsp3) is 0.667. The van der Waals surface area contributed by atoms with Crippen LogP contribution in [0.25, 0.3) is 0 Å². The lowest BCUT2D eigenvalue weighted by Gasteiger charge is -1.90. The van der Waals surface area contributed by atoms with Gasteiger partial charge in [-0.3, -0.25) is 4.79 Å². The van der Waals surface area contributed by atoms with E-state index in [1.807, 2.05) is 0 Å². The second-order valence-electron chi connectivity index (χ2n) is 2.01. The summed E-state index contributed by atoms with van der Waals surface area (Å²) in [6, 6.07) is 0. The number of carbonyl (C=O) groups excluding carboxylic acids is 1. The van der Waals surface area contributed by atoms with Crippen LogP contribution >= 0.6 is 15.6 Å². The Morgan fingerprint density at radius 3 is 0.938 bits per heavy atom. The van der Waals surface area contributed by atoms with Crippen molar-refractivity contribution in [3.63, 3.8) is 0 Å². The zero-order valence-electron chi connectivity index (χ0n) is 7.77. The molecule has 0 aliphatic rings. The van der Waals surface area contributed by atoms with Gasteiger partial charge < -0.3 is 39.6 Å². The van der Waals surface area contributed by atoms with Crippen LogP contribution in [-0.4, -0.2) is 51.6 Å². The highest BCUT2D eigenvalue weighted by molar-refractivity contribution is 7.45. The minimum atomic E-state index is -4.64. The Hall–Kier alpha value is -0.190. The summed E-state index contributed by atoms with van der Waals surface area (Å²) in [5.41, 5.74) is 0. The summed E-state index contributed by atoms with van der Waals surface area (Å²) in [5, 5.41) is 15.7. The number of aliphatic hydroxyl groups excluding tert-OH is 1. The Kier molecular flexibility index (Phi) is 11.8. The summed E-state index contributed by atoms with van der Waals surface area (Å²) in [4.78, 5) is 52.8. The van der Waals surface area contributed by atoms with Crippen LogP contribution in [-0.2, 0) is 13.9 Å². The van der Waals surface area contributed by atoms with Crippen molar-refractivity contribution in [2.24, 2.45) is 0 Å². The van der Waals surface area contributed by atoms with Gasteiger partial charge in [-0.05, 0) is 6.92 Å². The molecule has 0 aromatic carbocycles. The Morgan fingerprint density at radius 1 is 0.875 bits per heavy atom. The molecule has 0 radical (unpaired) electrons. The van der Waals surface area contributed by atoms with Crippen molar-refractivity contribution in [2.45, 2.75) is 13.2 Å². The van der Waals surface area contributed by atoms with Gasteiger partial charge in [-0.25, -0.2) is 9.13 Å². The number of hydrogen-bond acceptors (Lipinski definition) is 5. The molecule has 8 N–H and O–H groups in total. The molecule has 0 heterocycles. The third-order valence-corrected chi connectivity index (χ3v) is 0.364. The first-order valence-corrected chi connectivity index (χ1v) is 6.20. The minimum absolute atomic E-state index is 0.630. The van der Waals surface area contributed by atoms with Gasteiger partial charge >= 0.3 is 15.6 Å². The highest BCUT2D eigenvalue weighted by atomic mass is 31.2. The number of rotatable bonds is 1. The smallest absolute Gasteiger partial charge is 0.362 e. The third-order valence-electron chi connectivity index (χ3n) is 0.364. The predicted molar refractivity (Wildman–Crippen MR) is 47.4 cm³/mol. The normalized spacial score (nSPS) is 10.9. The lowest BCUT2D eigenvalue weighted by Crippen LogP contribution is -2.14. The van der Waals surface area contributed by atoms with Gasteiger partial charge in [0.25, 0.3) is 0 Å². The fourth-order valence-corrected chi connectivity index (χ4v) is 0. The van der Waals surface area contributed by atoms with Crippen LogP contribution in [0.3, 0.4) is 0 Å². The molecule has 16 heavy (non-hydrogen) atoms. The van der Waals surface area contributed by atoms with Crippen molar-refractivity contribution in [3.05, 3.63) is 0 Å². The molecule has 13 heteroatoms. The fourth-order valence-electron chi connectivity index (χ4n) is 0. The second-order valence-corrected chi connectivity index (χ2v) is 4.06. The van der Waals surface area contributed by atoms with E-state index >= 15 is 0 Å². The average molecular weight is 286 g/mol. The van der Waals surface area contributed by atoms with Gasteiger partial charge in [-0.15, -0.1) is 0 Å². The van der Waals surface area contributed by atoms with Crippen molar-refractivity contribution in [1.82, 2.24) is 0 Å². The van der Waals surface area contributed by atoms with Gasteiger partial charge in [0.1, 0.15) is 0 Å². The second kappa shape index (κ2) is 8.90. The predicted octanol–water partition coefficient (Wildman–Crippen LogP) is -2.97. The van der Waals surface area contributed by atoms with Crippen molar-refractivity contribution in [1.29, 1.82) is 0 Å². The largest absolute Gasteiger partial charge is 0.466 e. The van der Waals surface area contributed by atoms with E-state index in [1.54, 1.807) is 0 Å². The molecule has 0 aliphatic carbocycles. The Balaban J connectivity index is -0.000000160. The van der Waals surface area contributed by atoms with Crippen LogP contribution in [0.2, 0.25) is 0 Å². The van der Waals surface area contributed by atoms with Gasteiger partial charge in [-0.2, -0.15) is 0 Å². The van der Waals surface area contributed by atoms with E-state index in [0.717, 1.165) is 6.92 Å². The number of aliphatic hydroxyl groups is 2. The SMILES string of the molecule is CC(=O)C(O)O.O=P(O)(O)O.O=P(O)(O)O. The molecule has 0 rings (SSSR count). The molecule has 100 valence electrons. The van der Waals surface area contributed by atoms with E-state index in [1.165, 1.54) is 0 Å². The molecular formula is C3H12O11P2. The number of carbonyl (C=O) groups is 1. The number of ketones is 1. The Labute approximate surface area is 89.1 Å². The van der Waals surface area contributed by atoms with Gasteiger partial charge in [0.2, 0.25) is 6.29 Å². The molecule has 0 aliphatic heterocycles. The van der Waals surface area contributed by atoms with E-state index in [9.17, 15) is 4.79 Å². The molecule has 0 saturated carbocycles. The molecule has 0 unspecified atom stereocenters. The Morgan fingerprint density at radius 2 is 0.938 bits per heavy atom. The van der Waals surface area contributed by atoms with Crippen LogP contribution in [0.5, 0.6) is 0 Å². The number of Topliss-reactive ketones (excluding diaryl/α,β-unsaturated/α-hetero) is 1. The lowest BCUT2D eigenvalue weighted by molar-refractivity contribution is -0.142. The van der Waals surface area contributed by atoms with Crippen molar-refractivity contribution < 1.29 is 53.5 Å². The maximum atomic E-state index is 9.64. The minimum Gasteiger partial charge on any atom is -0.362 e. The standard InChI is InChI=1S/C3H6O3.2H3O4P/c1-2(4)3(5)6;2*1-5(2,3)4/h3,5-6H,1H3;2*(H3,1,2,3,4). The van der Waals surface area contributed by atoms with Crippen molar-refractivity contribution in [2.75, 3.05) is 0 Å². The van der Waals surface area contributed by atoms with Gasteiger partial charge in [0.05, 0.1) is 0 Å². The van der Waals surface area contributed by atoms with E-state index in [4.69, 9.17) is 48.7 Å². The summed E-state index contributed by atoms with van der Waals surface area (Å²) in [7, 11) is -9.28. The van der Waals surface area contributed by atoms with E-state index in [0.29, 0.717) is 0 Å². The summed E-state index contributed by atoms with van der Waals surface area (Å²) in [5.74, 6) is -0.630. The summed E-state index contributed by atoms with van der Waals surface area (Å²) in [6.07, 6.45) is -1.79. The maximum absolute atomic E-state index is 9.64. The summed E-state index contributed by atoms with van der Waals surface area (Å²) < 4.78 is 17.8. The monoisotopic (exact) mass is 286 g/mol. The molecule has 0 fully saturated rings. The molecule has 0 aromatic rings. The number of phosphoric acid groups is 2. The van der Waals surface area contributed by atoms with Gasteiger partial charge in [-0.1, -0.05) is 0 Å². The topological polar surface area (TPSA) is 213 Å². The molecule has 0 atom stereocenters. The molecule has 11 nitrogen and oxygen atoms in total. The zero-order chi connectivity index (χ0) is 14.2. The maximum Gasteiger partial charge on any atom is 0.466 e. The first kappa shape index (κ1) is 21.1. The quantitative estimate of drug-likeness (QED) is 0.180. The van der Waals surface area contributed by atoms with E-state index in [2.05, 4.69) is 0 Å². The third kappa shape index (κ3) is 156. The average Bonchev–Trinajstić information content (AvgIpc) is 1.77. The molecule has 0 saturated heterocycles. The van der Waals surface area contributed by atoms with Crippen LogP contribution in [0, 0.1) is 0 Å². The van der Waals surface area contributed by atoms with Crippen molar-refractivity contribution in [3.8, 4) is 0 Å². The van der Waals surface area contributed by atoms with Gasteiger partial charge in [0, 0.05) is 0 Å². The van der Waals surface area contributed by atoms with Crippen LogP contribution < -0.4 is 0 Å². The number of hydrogen-bond donors (Lipinski definition) is 8. The first-order valence-electron chi connectivity index (χ1n) is 3.07. The van der Waals surface area contributed by atoms with Crippen LogP contribution in [0.1, 0.15) is 6.92 Å². The van der Waals surface area contributed by atoms with Gasteiger partial charge in [0.15, 0.2) is 5.78 Å². The zero-order valence-corrected chi connectivity index (χ0v) is 9.56. The summed E-state index contributed by atoms with van der Waals surface area (Å²) >= 11 is 0. The molecule has 0 aromatic heterocycles. The first-order chi connectivity index (χ1) is 6.64. The highest BCUT2D eigenvalue weighted by Gasteiger charge is 2.00. The summed E-state index contributed by atoms with van der Waals surface area (Å²) in [6.45, 7) is 1.10. The van der Waals surface area contributed by atoms with Crippen LogP contribution in [0.15, 0.2) is 0 Å². The van der Waals surface area contributed by atoms with E-state index in [-0.39, 0.29) is 0 Å². The highest BCUT2D eigenvalue weighted by Crippen LogP contribution is 2.26. The Bertz CT molecular complexity index is 234. The molecule has 0 amide bonds. The molecular weight excluding hydrogens is 274 g/mol. The van der Waals surface area contributed by atoms with E-state index < -0.39 is 27.7 Å². The molecule has 0 spiro atoms.